The number of carbonyl (C=O) groups is 2. The molecule has 2 aliphatic rings. The number of aromatic nitrogens is 1. The molecule has 0 saturated carbocycles. The smallest absolute Gasteiger partial charge is 0.261 e. The van der Waals surface area contributed by atoms with E-state index in [1.54, 1.807) is 49.4 Å². The van der Waals surface area contributed by atoms with E-state index >= 15 is 0 Å². The molecule has 9 nitrogen and oxygen atoms in total. The van der Waals surface area contributed by atoms with Gasteiger partial charge in [0.15, 0.2) is 0 Å². The Morgan fingerprint density at radius 2 is 1.92 bits per heavy atom. The predicted octanol–water partition coefficient (Wildman–Crippen LogP) is 3.48. The monoisotopic (exact) mass is 520 g/mol. The van der Waals surface area contributed by atoms with Gasteiger partial charge < -0.3 is 20.1 Å². The van der Waals surface area contributed by atoms with Gasteiger partial charge in [-0.05, 0) is 48.4 Å². The number of carbonyl (C=O) groups excluding carboxylic acids is 2. The fraction of sp³-hybridized carbons (Fsp3) is 0.259. The van der Waals surface area contributed by atoms with E-state index in [1.165, 1.54) is 18.2 Å². The summed E-state index contributed by atoms with van der Waals surface area (Å²) in [5.74, 6) is -0.748. The number of H-pyrrole nitrogens is 1. The van der Waals surface area contributed by atoms with Crippen LogP contribution in [0.15, 0.2) is 58.4 Å². The quantitative estimate of drug-likeness (QED) is 0.391. The molecule has 0 unspecified atom stereocenters. The van der Waals surface area contributed by atoms with Gasteiger partial charge in [0.1, 0.15) is 0 Å². The Kier molecular flexibility index (Phi) is 6.68. The molecule has 190 valence electrons. The van der Waals surface area contributed by atoms with Gasteiger partial charge >= 0.3 is 0 Å². The Morgan fingerprint density at radius 1 is 1.16 bits per heavy atom. The number of aromatic amines is 1. The van der Waals surface area contributed by atoms with Crippen molar-refractivity contribution < 1.29 is 19.4 Å². The first-order valence-electron chi connectivity index (χ1n) is 11.8. The van der Waals surface area contributed by atoms with Crippen molar-refractivity contribution in [3.63, 3.8) is 0 Å². The maximum absolute atomic E-state index is 13.0. The lowest BCUT2D eigenvalue weighted by Gasteiger charge is -2.21. The number of halogens is 1. The molecule has 0 saturated heterocycles. The number of nitrogens with one attached hydrogen (secondary N) is 2. The van der Waals surface area contributed by atoms with Crippen molar-refractivity contribution in [2.45, 2.75) is 25.5 Å². The second-order valence-electron chi connectivity index (χ2n) is 9.09. The highest BCUT2D eigenvalue weighted by Crippen LogP contribution is 2.36. The normalized spacial score (nSPS) is 15.9. The average molecular weight is 521 g/mol. The van der Waals surface area contributed by atoms with Crippen molar-refractivity contribution in [2.24, 2.45) is 4.99 Å². The minimum absolute atomic E-state index is 0.143. The Bertz CT molecular complexity index is 1500. The van der Waals surface area contributed by atoms with Gasteiger partial charge in [0, 0.05) is 31.3 Å². The number of anilines is 1. The van der Waals surface area contributed by atoms with E-state index in [2.05, 4.69) is 15.3 Å². The lowest BCUT2D eigenvalue weighted by atomic mass is 10.00. The number of aliphatic imine (C=N–C) groups is 1. The number of rotatable bonds is 8. The van der Waals surface area contributed by atoms with E-state index in [9.17, 15) is 19.5 Å². The zero-order valence-electron chi connectivity index (χ0n) is 20.2. The molecular formula is C27H25ClN4O5. The molecule has 3 N–H and O–H groups in total. The third kappa shape index (κ3) is 4.57. The summed E-state index contributed by atoms with van der Waals surface area (Å²) in [5.41, 5.74) is 3.58. The predicted molar refractivity (Wildman–Crippen MR) is 140 cm³/mol. The van der Waals surface area contributed by atoms with Crippen molar-refractivity contribution in [3.8, 4) is 0 Å². The van der Waals surface area contributed by atoms with Crippen LogP contribution in [0.4, 0.5) is 11.4 Å². The number of aliphatic hydroxyl groups is 1. The van der Waals surface area contributed by atoms with Crippen molar-refractivity contribution in [2.75, 3.05) is 25.6 Å². The third-order valence-electron chi connectivity index (χ3n) is 6.55. The lowest BCUT2D eigenvalue weighted by molar-refractivity contribution is 0.0497. The molecule has 2 aliphatic heterocycles. The number of ether oxygens (including phenoxy) is 1. The number of amides is 2. The summed E-state index contributed by atoms with van der Waals surface area (Å²) in [6.07, 6.45) is 0.984. The number of hydrogen-bond donors (Lipinski definition) is 3. The molecule has 10 heteroatoms. The summed E-state index contributed by atoms with van der Waals surface area (Å²) in [5, 5.41) is 14.3. The lowest BCUT2D eigenvalue weighted by Crippen LogP contribution is -2.40. The van der Waals surface area contributed by atoms with Gasteiger partial charge in [-0.3, -0.25) is 24.3 Å². The summed E-state index contributed by atoms with van der Waals surface area (Å²) in [6.45, 7) is 2.14. The number of aliphatic hydroxyl groups excluding tert-OH is 1. The van der Waals surface area contributed by atoms with Gasteiger partial charge in [-0.1, -0.05) is 23.7 Å². The first-order valence-corrected chi connectivity index (χ1v) is 12.2. The van der Waals surface area contributed by atoms with Crippen LogP contribution in [0.2, 0.25) is 5.02 Å². The highest BCUT2D eigenvalue weighted by Gasteiger charge is 2.40. The number of imide groups is 1. The fourth-order valence-electron chi connectivity index (χ4n) is 4.76. The molecule has 2 aromatic carbocycles. The standard InChI is InChI=1S/C27H25ClN4O5/c1-14(13-37-2)32-26(35)18-9-16-10-22(31-21(16)11-19(18)27(32)36)24-20(6-7-29-25(24)34)30-12-23(33)15-4-3-5-17(28)8-15/h3-9,11,14,23,33H,10,12-13H2,1-2H3,(H2,29,30,34)/t14-,23+/m0/s1. The van der Waals surface area contributed by atoms with Gasteiger partial charge in [-0.25, -0.2) is 0 Å². The molecule has 2 atom stereocenters. The van der Waals surface area contributed by atoms with Gasteiger partial charge in [0.25, 0.3) is 17.4 Å². The van der Waals surface area contributed by atoms with Crippen LogP contribution in [0.3, 0.4) is 0 Å². The largest absolute Gasteiger partial charge is 0.387 e. The topological polar surface area (TPSA) is 124 Å². The van der Waals surface area contributed by atoms with E-state index < -0.39 is 12.1 Å². The van der Waals surface area contributed by atoms with Crippen LogP contribution in [0, 0.1) is 0 Å². The van der Waals surface area contributed by atoms with Crippen molar-refractivity contribution in [1.29, 1.82) is 0 Å². The van der Waals surface area contributed by atoms with Gasteiger partial charge in [-0.15, -0.1) is 0 Å². The second kappa shape index (κ2) is 9.93. The van der Waals surface area contributed by atoms with E-state index in [0.717, 1.165) is 5.56 Å². The highest BCUT2D eigenvalue weighted by atomic mass is 35.5. The fourth-order valence-corrected chi connectivity index (χ4v) is 4.96. The Labute approximate surface area is 217 Å². The number of fused-ring (bicyclic) bond motifs is 2. The van der Waals surface area contributed by atoms with Crippen LogP contribution in [-0.2, 0) is 11.2 Å². The maximum atomic E-state index is 13.0. The van der Waals surface area contributed by atoms with Crippen LogP contribution in [-0.4, -0.2) is 58.8 Å². The van der Waals surface area contributed by atoms with E-state index in [1.807, 2.05) is 0 Å². The Hall–Kier alpha value is -3.79. The van der Waals surface area contributed by atoms with Gasteiger partial charge in [0.2, 0.25) is 0 Å². The zero-order chi connectivity index (χ0) is 26.3. The molecule has 0 radical (unpaired) electrons. The molecule has 0 bridgehead atoms. The first-order chi connectivity index (χ1) is 17.8. The molecule has 3 aromatic rings. The summed E-state index contributed by atoms with van der Waals surface area (Å²) in [4.78, 5) is 47.3. The number of methoxy groups -OCH3 is 1. The highest BCUT2D eigenvalue weighted by molar-refractivity contribution is 6.30. The third-order valence-corrected chi connectivity index (χ3v) is 6.78. The summed E-state index contributed by atoms with van der Waals surface area (Å²) in [7, 11) is 1.52. The minimum atomic E-state index is -0.850. The van der Waals surface area contributed by atoms with Crippen LogP contribution in [0.25, 0.3) is 0 Å². The number of nitrogens with zero attached hydrogens (tertiary/aromatic N) is 2. The summed E-state index contributed by atoms with van der Waals surface area (Å²) < 4.78 is 5.11. The van der Waals surface area contributed by atoms with Crippen molar-refractivity contribution in [3.05, 3.63) is 91.9 Å². The van der Waals surface area contributed by atoms with Crippen LogP contribution < -0.4 is 10.9 Å². The Morgan fingerprint density at radius 3 is 2.65 bits per heavy atom. The molecule has 3 heterocycles. The molecular weight excluding hydrogens is 496 g/mol. The maximum Gasteiger partial charge on any atom is 0.261 e. The number of pyridine rings is 1. The van der Waals surface area contributed by atoms with Crippen LogP contribution in [0.5, 0.6) is 0 Å². The minimum Gasteiger partial charge on any atom is -0.387 e. The van der Waals surface area contributed by atoms with Crippen molar-refractivity contribution in [1.82, 2.24) is 9.88 Å². The molecule has 2 amide bonds. The number of benzene rings is 2. The molecule has 5 rings (SSSR count). The molecule has 0 spiro atoms. The molecule has 1 aromatic heterocycles. The van der Waals surface area contributed by atoms with Gasteiger partial charge in [-0.2, -0.15) is 0 Å². The van der Waals surface area contributed by atoms with Gasteiger partial charge in [0.05, 0.1) is 52.5 Å². The zero-order valence-corrected chi connectivity index (χ0v) is 21.0. The number of hydrogen-bond acceptors (Lipinski definition) is 7. The van der Waals surface area contributed by atoms with Crippen LogP contribution >= 0.6 is 11.6 Å². The van der Waals surface area contributed by atoms with E-state index in [-0.39, 0.29) is 30.5 Å². The van der Waals surface area contributed by atoms with Crippen LogP contribution in [0.1, 0.15) is 50.4 Å². The van der Waals surface area contributed by atoms with Crippen molar-refractivity contribution >= 4 is 40.5 Å². The molecule has 0 fully saturated rings. The summed E-state index contributed by atoms with van der Waals surface area (Å²) >= 11 is 6.03. The SMILES string of the molecule is COC[C@H](C)N1C(=O)c2cc3c(cc2C1=O)N=C(c1c(NC[C@@H](O)c2cccc(Cl)c2)cc[nH]c1=O)C3. The van der Waals surface area contributed by atoms with E-state index in [4.69, 9.17) is 16.3 Å². The molecule has 37 heavy (non-hydrogen) atoms. The Balaban J connectivity index is 1.41. The average Bonchev–Trinajstić information content (AvgIpc) is 3.39. The first kappa shape index (κ1) is 24.9. The molecule has 0 aliphatic carbocycles. The summed E-state index contributed by atoms with van der Waals surface area (Å²) in [6, 6.07) is 11.5. The second-order valence-corrected chi connectivity index (χ2v) is 9.53. The van der Waals surface area contributed by atoms with E-state index in [0.29, 0.717) is 50.8 Å².